The molecular formula is C12H16Cl2N2O2S. The van der Waals surface area contributed by atoms with Crippen molar-refractivity contribution in [2.75, 3.05) is 20.1 Å². The van der Waals surface area contributed by atoms with Crippen LogP contribution in [0.1, 0.15) is 12.8 Å². The quantitative estimate of drug-likeness (QED) is 0.929. The number of nitrogens with one attached hydrogen (secondary N) is 1. The average Bonchev–Trinajstić information content (AvgIpc) is 2.41. The van der Waals surface area contributed by atoms with Gasteiger partial charge in [-0.25, -0.2) is 8.42 Å². The van der Waals surface area contributed by atoms with Crippen LogP contribution >= 0.6 is 23.2 Å². The lowest BCUT2D eigenvalue weighted by molar-refractivity contribution is 0.298. The van der Waals surface area contributed by atoms with Crippen molar-refractivity contribution in [3.8, 4) is 0 Å². The van der Waals surface area contributed by atoms with Crippen LogP contribution in [0.3, 0.4) is 0 Å². The molecule has 1 aliphatic rings. The van der Waals surface area contributed by atoms with Gasteiger partial charge >= 0.3 is 0 Å². The summed E-state index contributed by atoms with van der Waals surface area (Å²) in [7, 11) is -1.67. The van der Waals surface area contributed by atoms with Crippen LogP contribution in [0, 0.1) is 0 Å². The molecule has 1 aromatic carbocycles. The van der Waals surface area contributed by atoms with Crippen molar-refractivity contribution in [1.29, 1.82) is 0 Å². The first-order valence-corrected chi connectivity index (χ1v) is 8.27. The SMILES string of the molecule is CNC1CCN(S(=O)(=O)c2cc(Cl)ccc2Cl)CC1. The summed E-state index contributed by atoms with van der Waals surface area (Å²) in [6.07, 6.45) is 1.60. The Kier molecular flexibility index (Phi) is 4.74. The second-order valence-corrected chi connectivity index (χ2v) is 7.29. The Bertz CT molecular complexity index is 555. The van der Waals surface area contributed by atoms with Crippen molar-refractivity contribution in [3.05, 3.63) is 28.2 Å². The number of rotatable bonds is 3. The molecule has 0 spiro atoms. The number of nitrogens with zero attached hydrogens (tertiary/aromatic N) is 1. The topological polar surface area (TPSA) is 49.4 Å². The Balaban J connectivity index is 2.26. The van der Waals surface area contributed by atoms with E-state index in [1.807, 2.05) is 7.05 Å². The van der Waals surface area contributed by atoms with Crippen LogP contribution in [0.15, 0.2) is 23.1 Å². The van der Waals surface area contributed by atoms with Crippen molar-refractivity contribution in [1.82, 2.24) is 9.62 Å². The molecule has 106 valence electrons. The minimum Gasteiger partial charge on any atom is -0.317 e. The van der Waals surface area contributed by atoms with E-state index in [1.54, 1.807) is 6.07 Å². The highest BCUT2D eigenvalue weighted by molar-refractivity contribution is 7.89. The second kappa shape index (κ2) is 5.97. The Labute approximate surface area is 123 Å². The molecule has 1 fully saturated rings. The molecule has 19 heavy (non-hydrogen) atoms. The van der Waals surface area contributed by atoms with Gasteiger partial charge in [0, 0.05) is 24.2 Å². The van der Waals surface area contributed by atoms with Crippen LogP contribution in [0.4, 0.5) is 0 Å². The van der Waals surface area contributed by atoms with E-state index in [2.05, 4.69) is 5.32 Å². The van der Waals surface area contributed by atoms with Crippen molar-refractivity contribution in [2.45, 2.75) is 23.8 Å². The maximum Gasteiger partial charge on any atom is 0.244 e. The Hall–Kier alpha value is -0.330. The molecule has 7 heteroatoms. The van der Waals surface area contributed by atoms with Crippen molar-refractivity contribution < 1.29 is 8.42 Å². The molecule has 0 atom stereocenters. The molecule has 0 bridgehead atoms. The summed E-state index contributed by atoms with van der Waals surface area (Å²) in [5, 5.41) is 3.74. The zero-order valence-corrected chi connectivity index (χ0v) is 12.9. The molecule has 0 unspecified atom stereocenters. The van der Waals surface area contributed by atoms with Crippen molar-refractivity contribution in [2.24, 2.45) is 0 Å². The van der Waals surface area contributed by atoms with E-state index in [9.17, 15) is 8.42 Å². The van der Waals surface area contributed by atoms with E-state index in [1.165, 1.54) is 16.4 Å². The summed E-state index contributed by atoms with van der Waals surface area (Å²) >= 11 is 11.8. The van der Waals surface area contributed by atoms with Gasteiger partial charge in [0.05, 0.1) is 5.02 Å². The third-order valence-electron chi connectivity index (χ3n) is 3.37. The molecule has 1 aliphatic heterocycles. The van der Waals surface area contributed by atoms with Crippen LogP contribution in [0.25, 0.3) is 0 Å². The number of piperidine rings is 1. The van der Waals surface area contributed by atoms with Gasteiger partial charge in [0.1, 0.15) is 4.90 Å². The minimum absolute atomic E-state index is 0.0876. The molecule has 0 radical (unpaired) electrons. The number of hydrogen-bond acceptors (Lipinski definition) is 3. The molecule has 1 heterocycles. The molecule has 0 aromatic heterocycles. The van der Waals surface area contributed by atoms with Crippen LogP contribution in [0.2, 0.25) is 10.0 Å². The largest absolute Gasteiger partial charge is 0.317 e. The molecule has 1 aromatic rings. The second-order valence-electron chi connectivity index (χ2n) is 4.54. The van der Waals surface area contributed by atoms with Gasteiger partial charge in [0.2, 0.25) is 10.0 Å². The molecule has 4 nitrogen and oxygen atoms in total. The molecule has 0 aliphatic carbocycles. The molecule has 2 rings (SSSR count). The number of halogens is 2. The summed E-state index contributed by atoms with van der Waals surface area (Å²) in [4.78, 5) is 0.0876. The first-order chi connectivity index (χ1) is 8.95. The van der Waals surface area contributed by atoms with E-state index in [0.717, 1.165) is 12.8 Å². The minimum atomic E-state index is -3.56. The first-order valence-electron chi connectivity index (χ1n) is 6.07. The highest BCUT2D eigenvalue weighted by atomic mass is 35.5. The lowest BCUT2D eigenvalue weighted by Gasteiger charge is -2.31. The molecular weight excluding hydrogens is 307 g/mol. The Morgan fingerprint density at radius 2 is 1.89 bits per heavy atom. The summed E-state index contributed by atoms with van der Waals surface area (Å²) in [5.74, 6) is 0. The summed E-state index contributed by atoms with van der Waals surface area (Å²) in [5.41, 5.74) is 0. The highest BCUT2D eigenvalue weighted by Gasteiger charge is 2.30. The third-order valence-corrected chi connectivity index (χ3v) is 5.99. The zero-order chi connectivity index (χ0) is 14.0. The maximum absolute atomic E-state index is 12.5. The Morgan fingerprint density at radius 1 is 1.26 bits per heavy atom. The van der Waals surface area contributed by atoms with Crippen LogP contribution in [-0.2, 0) is 10.0 Å². The number of hydrogen-bond donors (Lipinski definition) is 1. The standard InChI is InChI=1S/C12H16Cl2N2O2S/c1-15-10-4-6-16(7-5-10)19(17,18)12-8-9(13)2-3-11(12)14/h2-3,8,10,15H,4-7H2,1H3. The Morgan fingerprint density at radius 3 is 2.47 bits per heavy atom. The fourth-order valence-electron chi connectivity index (χ4n) is 2.20. The zero-order valence-electron chi connectivity index (χ0n) is 10.6. The van der Waals surface area contributed by atoms with Gasteiger partial charge in [0.15, 0.2) is 0 Å². The average molecular weight is 323 g/mol. The van der Waals surface area contributed by atoms with Crippen LogP contribution in [-0.4, -0.2) is 38.9 Å². The van der Waals surface area contributed by atoms with Crippen LogP contribution < -0.4 is 5.32 Å². The van der Waals surface area contributed by atoms with E-state index < -0.39 is 10.0 Å². The van der Waals surface area contributed by atoms with Gasteiger partial charge in [-0.15, -0.1) is 0 Å². The third kappa shape index (κ3) is 3.23. The van der Waals surface area contributed by atoms with Gasteiger partial charge in [-0.3, -0.25) is 0 Å². The molecule has 0 saturated carbocycles. The number of benzene rings is 1. The summed E-state index contributed by atoms with van der Waals surface area (Å²) < 4.78 is 26.5. The van der Waals surface area contributed by atoms with E-state index >= 15 is 0 Å². The lowest BCUT2D eigenvalue weighted by atomic mass is 10.1. The fraction of sp³-hybridized carbons (Fsp3) is 0.500. The lowest BCUT2D eigenvalue weighted by Crippen LogP contribution is -2.43. The van der Waals surface area contributed by atoms with Gasteiger partial charge in [-0.05, 0) is 38.1 Å². The summed E-state index contributed by atoms with van der Waals surface area (Å²) in [6, 6.07) is 4.87. The molecule has 0 amide bonds. The van der Waals surface area contributed by atoms with Gasteiger partial charge in [-0.2, -0.15) is 4.31 Å². The predicted molar refractivity (Wildman–Crippen MR) is 77.3 cm³/mol. The predicted octanol–water partition coefficient (Wildman–Crippen LogP) is 2.37. The maximum atomic E-state index is 12.5. The molecule has 1 saturated heterocycles. The molecule has 1 N–H and O–H groups in total. The van der Waals surface area contributed by atoms with Crippen LogP contribution in [0.5, 0.6) is 0 Å². The van der Waals surface area contributed by atoms with E-state index in [-0.39, 0.29) is 9.92 Å². The summed E-state index contributed by atoms with van der Waals surface area (Å²) in [6.45, 7) is 0.993. The normalized spacial score (nSPS) is 18.7. The van der Waals surface area contributed by atoms with Crippen molar-refractivity contribution in [3.63, 3.8) is 0 Å². The first kappa shape index (κ1) is 15.1. The van der Waals surface area contributed by atoms with E-state index in [4.69, 9.17) is 23.2 Å². The van der Waals surface area contributed by atoms with Gasteiger partial charge in [0.25, 0.3) is 0 Å². The monoisotopic (exact) mass is 322 g/mol. The fourth-order valence-corrected chi connectivity index (χ4v) is 4.41. The highest BCUT2D eigenvalue weighted by Crippen LogP contribution is 2.29. The van der Waals surface area contributed by atoms with E-state index in [0.29, 0.717) is 24.2 Å². The number of sulfonamides is 1. The van der Waals surface area contributed by atoms with Gasteiger partial charge < -0.3 is 5.32 Å². The van der Waals surface area contributed by atoms with Gasteiger partial charge in [-0.1, -0.05) is 23.2 Å². The smallest absolute Gasteiger partial charge is 0.244 e. The van der Waals surface area contributed by atoms with Crippen molar-refractivity contribution >= 4 is 33.2 Å².